The van der Waals surface area contributed by atoms with Gasteiger partial charge in [0.25, 0.3) is 0 Å². The Hall–Kier alpha value is -6.22. The van der Waals surface area contributed by atoms with E-state index in [1.165, 1.54) is 87.8 Å². The summed E-state index contributed by atoms with van der Waals surface area (Å²) >= 11 is 0. The van der Waals surface area contributed by atoms with Gasteiger partial charge in [0.1, 0.15) is 0 Å². The van der Waals surface area contributed by atoms with Crippen LogP contribution in [0.15, 0.2) is 188 Å². The molecule has 0 radical (unpaired) electrons. The Morgan fingerprint density at radius 2 is 0.830 bits per heavy atom. The van der Waals surface area contributed by atoms with Gasteiger partial charge in [-0.2, -0.15) is 0 Å². The van der Waals surface area contributed by atoms with Crippen LogP contribution in [-0.4, -0.2) is 8.07 Å². The monoisotopic (exact) mass is 691 g/mol. The first kappa shape index (κ1) is 30.4. The Morgan fingerprint density at radius 1 is 0.340 bits per heavy atom. The zero-order chi connectivity index (χ0) is 35.3. The first-order valence-electron chi connectivity index (χ1n) is 18.7. The summed E-state index contributed by atoms with van der Waals surface area (Å²) in [4.78, 5) is 2.50. The quantitative estimate of drug-likeness (QED) is 0.166. The maximum Gasteiger partial charge on any atom is 0.182 e. The highest BCUT2D eigenvalue weighted by Crippen LogP contribution is 2.51. The topological polar surface area (TPSA) is 3.24 Å². The van der Waals surface area contributed by atoms with Gasteiger partial charge in [0.15, 0.2) is 8.07 Å². The molecule has 11 rings (SSSR count). The van der Waals surface area contributed by atoms with Crippen molar-refractivity contribution in [3.8, 4) is 44.5 Å². The lowest BCUT2D eigenvalue weighted by atomic mass is 9.82. The molecule has 0 atom stereocenters. The van der Waals surface area contributed by atoms with E-state index < -0.39 is 8.07 Å². The van der Waals surface area contributed by atoms with E-state index in [4.69, 9.17) is 0 Å². The summed E-state index contributed by atoms with van der Waals surface area (Å²) in [5, 5.41) is 5.97. The fraction of sp³-hybridized carbons (Fsp3) is 0.0588. The molecule has 1 nitrogen and oxygen atoms in total. The number of fused-ring (bicyclic) bond motifs is 13. The molecule has 0 unspecified atom stereocenters. The molecule has 1 spiro atoms. The number of rotatable bonds is 4. The fourth-order valence-electron chi connectivity index (χ4n) is 9.97. The number of hydrogen-bond acceptors (Lipinski definition) is 1. The van der Waals surface area contributed by atoms with Crippen LogP contribution in [0.4, 0.5) is 17.1 Å². The van der Waals surface area contributed by atoms with Gasteiger partial charge in [0.2, 0.25) is 0 Å². The van der Waals surface area contributed by atoms with Gasteiger partial charge in [-0.1, -0.05) is 166 Å². The minimum atomic E-state index is -2.60. The first-order valence-corrected chi connectivity index (χ1v) is 20.7. The summed E-state index contributed by atoms with van der Waals surface area (Å²) in [6.45, 7) is 4.72. The smallest absolute Gasteiger partial charge is 0.182 e. The van der Waals surface area contributed by atoms with Crippen LogP contribution in [0.2, 0.25) is 0 Å². The predicted octanol–water partition coefficient (Wildman–Crippen LogP) is 10.5. The molecule has 0 fully saturated rings. The average Bonchev–Trinajstić information content (AvgIpc) is 3.77. The molecule has 8 aromatic carbocycles. The van der Waals surface area contributed by atoms with Crippen LogP contribution in [0.5, 0.6) is 0 Å². The summed E-state index contributed by atoms with van der Waals surface area (Å²) in [6, 6.07) is 70.9. The third kappa shape index (κ3) is 4.13. The maximum absolute atomic E-state index is 2.60. The molecule has 0 aromatic heterocycles. The molecule has 250 valence electrons. The third-order valence-corrected chi connectivity index (χ3v) is 17.2. The molecule has 0 saturated carbocycles. The van der Waals surface area contributed by atoms with Gasteiger partial charge < -0.3 is 4.90 Å². The summed E-state index contributed by atoms with van der Waals surface area (Å²) in [5.74, 6) is 0. The Balaban J connectivity index is 1.18. The van der Waals surface area contributed by atoms with Gasteiger partial charge in [0.05, 0.1) is 0 Å². The summed E-state index contributed by atoms with van der Waals surface area (Å²) in [5.41, 5.74) is 16.8. The summed E-state index contributed by atoms with van der Waals surface area (Å²) < 4.78 is 0. The van der Waals surface area contributed by atoms with Gasteiger partial charge in [-0.15, -0.1) is 0 Å². The molecule has 0 amide bonds. The van der Waals surface area contributed by atoms with Crippen molar-refractivity contribution in [2.45, 2.75) is 19.3 Å². The SMILES string of the molecule is CC1(C)c2ccccc2-c2cc(N(c3cccc(-c4ccccc4)c3)c3ccc4c(c3)[Si]3(c5ccccc5-c5ccccc53)c3ccccc3-4)ccc21. The molecule has 53 heavy (non-hydrogen) atoms. The molecule has 0 N–H and O–H groups in total. The Bertz CT molecular complexity index is 2710. The van der Waals surface area contributed by atoms with Crippen molar-refractivity contribution >= 4 is 45.9 Å². The van der Waals surface area contributed by atoms with Crippen molar-refractivity contribution < 1.29 is 0 Å². The Kier molecular flexibility index (Phi) is 6.39. The second-order valence-electron chi connectivity index (χ2n) is 15.3. The van der Waals surface area contributed by atoms with Gasteiger partial charge >= 0.3 is 0 Å². The maximum atomic E-state index is 2.56. The Labute approximate surface area is 312 Å². The average molecular weight is 692 g/mol. The van der Waals surface area contributed by atoms with Gasteiger partial charge in [-0.05, 0) is 113 Å². The predicted molar refractivity (Wildman–Crippen MR) is 226 cm³/mol. The van der Waals surface area contributed by atoms with E-state index in [0.29, 0.717) is 0 Å². The number of nitrogens with zero attached hydrogens (tertiary/aromatic N) is 1. The molecule has 0 bridgehead atoms. The standard InChI is InChI=1S/C51H37NSi/c1-51(2)45-23-10-6-19-39(45)44-32-37(28-30-46(44)51)52(36-18-14-17-35(31-36)34-15-4-3-5-16-34)38-27-29-43-42-22-9-13-26-49(42)53(50(43)33-38)47-24-11-7-20-40(47)41-21-8-12-25-48(41)53/h3-33H,1-2H3. The lowest BCUT2D eigenvalue weighted by molar-refractivity contribution is 0.660. The Morgan fingerprint density at radius 3 is 1.51 bits per heavy atom. The zero-order valence-corrected chi connectivity index (χ0v) is 30.8. The molecule has 8 aromatic rings. The lowest BCUT2D eigenvalue weighted by Gasteiger charge is -2.31. The van der Waals surface area contributed by atoms with Crippen LogP contribution >= 0.6 is 0 Å². The fourth-order valence-corrected chi connectivity index (χ4v) is 15.6. The van der Waals surface area contributed by atoms with Crippen LogP contribution in [0, 0.1) is 0 Å². The first-order chi connectivity index (χ1) is 26.0. The van der Waals surface area contributed by atoms with Crippen molar-refractivity contribution in [1.82, 2.24) is 0 Å². The highest BCUT2D eigenvalue weighted by Gasteiger charge is 2.54. The van der Waals surface area contributed by atoms with Gasteiger partial charge in [-0.3, -0.25) is 0 Å². The van der Waals surface area contributed by atoms with Crippen LogP contribution < -0.4 is 25.6 Å². The largest absolute Gasteiger partial charge is 0.310 e. The third-order valence-electron chi connectivity index (χ3n) is 12.3. The van der Waals surface area contributed by atoms with E-state index in [2.05, 4.69) is 207 Å². The molecule has 2 heterocycles. The molecular weight excluding hydrogens is 655 g/mol. The van der Waals surface area contributed by atoms with E-state index in [9.17, 15) is 0 Å². The van der Waals surface area contributed by atoms with E-state index in [1.807, 2.05) is 0 Å². The molecule has 2 heteroatoms. The molecule has 3 aliphatic rings. The van der Waals surface area contributed by atoms with Crippen molar-refractivity contribution in [3.63, 3.8) is 0 Å². The second-order valence-corrected chi connectivity index (χ2v) is 18.9. The summed E-state index contributed by atoms with van der Waals surface area (Å²) in [7, 11) is -2.60. The van der Waals surface area contributed by atoms with E-state index in [1.54, 1.807) is 0 Å². The van der Waals surface area contributed by atoms with Gasteiger partial charge in [-0.25, -0.2) is 0 Å². The number of hydrogen-bond donors (Lipinski definition) is 0. The zero-order valence-electron chi connectivity index (χ0n) is 29.8. The van der Waals surface area contributed by atoms with Gasteiger partial charge in [0, 0.05) is 22.5 Å². The van der Waals surface area contributed by atoms with Crippen LogP contribution in [0.1, 0.15) is 25.0 Å². The van der Waals surface area contributed by atoms with Crippen molar-refractivity contribution in [1.29, 1.82) is 0 Å². The van der Waals surface area contributed by atoms with Crippen LogP contribution in [-0.2, 0) is 5.41 Å². The van der Waals surface area contributed by atoms with Crippen molar-refractivity contribution in [2.75, 3.05) is 4.90 Å². The molecule has 0 saturated heterocycles. The minimum Gasteiger partial charge on any atom is -0.310 e. The minimum absolute atomic E-state index is 0.0525. The lowest BCUT2D eigenvalue weighted by Crippen LogP contribution is -2.70. The number of anilines is 3. The molecular formula is C51H37NSi. The molecule has 1 aliphatic carbocycles. The van der Waals surface area contributed by atoms with Crippen molar-refractivity contribution in [2.24, 2.45) is 0 Å². The second kappa shape index (κ2) is 11.1. The van der Waals surface area contributed by atoms with Crippen LogP contribution in [0.3, 0.4) is 0 Å². The van der Waals surface area contributed by atoms with E-state index in [0.717, 1.165) is 5.69 Å². The van der Waals surface area contributed by atoms with E-state index >= 15 is 0 Å². The highest BCUT2D eigenvalue weighted by atomic mass is 28.3. The van der Waals surface area contributed by atoms with Crippen LogP contribution in [0.25, 0.3) is 44.5 Å². The van der Waals surface area contributed by atoms with Crippen molar-refractivity contribution in [3.05, 3.63) is 199 Å². The summed E-state index contributed by atoms with van der Waals surface area (Å²) in [6.07, 6.45) is 0. The number of benzene rings is 8. The highest BCUT2D eigenvalue weighted by molar-refractivity contribution is 7.24. The van der Waals surface area contributed by atoms with E-state index in [-0.39, 0.29) is 5.41 Å². The normalized spacial score (nSPS) is 14.5. The molecule has 2 aliphatic heterocycles.